The van der Waals surface area contributed by atoms with Gasteiger partial charge in [-0.2, -0.15) is 5.10 Å². The van der Waals surface area contributed by atoms with Gasteiger partial charge in [0.25, 0.3) is 5.91 Å². The van der Waals surface area contributed by atoms with Gasteiger partial charge in [-0.25, -0.2) is 4.68 Å². The molecule has 1 atom stereocenters. The van der Waals surface area contributed by atoms with Crippen molar-refractivity contribution in [2.45, 2.75) is 32.4 Å². The Balaban J connectivity index is 1.54. The van der Waals surface area contributed by atoms with Gasteiger partial charge >= 0.3 is 0 Å². The summed E-state index contributed by atoms with van der Waals surface area (Å²) in [5, 5.41) is 15.5. The number of tetrazole rings is 1. The van der Waals surface area contributed by atoms with Crippen molar-refractivity contribution in [3.05, 3.63) is 54.1 Å². The number of hydrogen-bond acceptors (Lipinski definition) is 5. The van der Waals surface area contributed by atoms with E-state index in [1.165, 1.54) is 0 Å². The van der Waals surface area contributed by atoms with E-state index in [4.69, 9.17) is 0 Å². The maximum Gasteiger partial charge on any atom is 0.254 e. The molecule has 0 unspecified atom stereocenters. The third kappa shape index (κ3) is 3.02. The monoisotopic (exact) mass is 337 g/mol. The number of carbonyl (C=O) groups excluding carboxylic acids is 1. The van der Waals surface area contributed by atoms with Crippen LogP contribution in [0.15, 0.2) is 43.0 Å². The van der Waals surface area contributed by atoms with Crippen molar-refractivity contribution in [2.24, 2.45) is 0 Å². The lowest BCUT2D eigenvalue weighted by molar-refractivity contribution is 0.0721. The molecule has 3 aromatic rings. The Hall–Kier alpha value is -3.03. The Bertz CT molecular complexity index is 857. The molecule has 0 bridgehead atoms. The van der Waals surface area contributed by atoms with Crippen molar-refractivity contribution in [3.8, 4) is 5.69 Å². The highest BCUT2D eigenvalue weighted by atomic mass is 16.2. The lowest BCUT2D eigenvalue weighted by Gasteiger charge is -2.25. The van der Waals surface area contributed by atoms with Crippen LogP contribution in [-0.2, 0) is 6.54 Å². The lowest BCUT2D eigenvalue weighted by Crippen LogP contribution is -2.38. The highest BCUT2D eigenvalue weighted by Gasteiger charge is 2.30. The second-order valence-corrected chi connectivity index (χ2v) is 6.28. The van der Waals surface area contributed by atoms with Crippen LogP contribution in [-0.4, -0.2) is 53.4 Å². The molecule has 0 spiro atoms. The van der Waals surface area contributed by atoms with Gasteiger partial charge in [-0.05, 0) is 60.0 Å². The predicted octanol–water partition coefficient (Wildman–Crippen LogP) is 1.47. The molecular weight excluding hydrogens is 318 g/mol. The Kier molecular flexibility index (Phi) is 4.01. The number of benzene rings is 1. The molecule has 1 aliphatic heterocycles. The molecule has 0 aliphatic carbocycles. The standard InChI is InChI=1S/C17H19N7O/c1-13-10-14(5-6-16(13)24-12-18-20-21-24)17(25)23-9-2-4-15(23)11-22-8-3-7-19-22/h3,5-8,10,12,15H,2,4,9,11H2,1H3/t15-/m1/s1. The van der Waals surface area contributed by atoms with Crippen LogP contribution in [0.5, 0.6) is 0 Å². The second-order valence-electron chi connectivity index (χ2n) is 6.28. The second kappa shape index (κ2) is 6.46. The number of rotatable bonds is 4. The van der Waals surface area contributed by atoms with Crippen LogP contribution in [0.4, 0.5) is 0 Å². The average Bonchev–Trinajstić information content (AvgIpc) is 3.37. The first-order chi connectivity index (χ1) is 12.2. The molecule has 0 saturated carbocycles. The van der Waals surface area contributed by atoms with E-state index in [9.17, 15) is 4.79 Å². The van der Waals surface area contributed by atoms with E-state index in [-0.39, 0.29) is 11.9 Å². The predicted molar refractivity (Wildman–Crippen MR) is 90.2 cm³/mol. The molecule has 1 amide bonds. The first-order valence-corrected chi connectivity index (χ1v) is 8.35. The Morgan fingerprint density at radius 2 is 2.28 bits per heavy atom. The van der Waals surface area contributed by atoms with E-state index in [2.05, 4.69) is 20.6 Å². The number of aromatic nitrogens is 6. The fourth-order valence-corrected chi connectivity index (χ4v) is 3.40. The van der Waals surface area contributed by atoms with Gasteiger partial charge in [-0.1, -0.05) is 0 Å². The summed E-state index contributed by atoms with van der Waals surface area (Å²) in [6, 6.07) is 7.73. The maximum atomic E-state index is 13.0. The van der Waals surface area contributed by atoms with Crippen LogP contribution >= 0.6 is 0 Å². The number of hydrogen-bond donors (Lipinski definition) is 0. The highest BCUT2D eigenvalue weighted by molar-refractivity contribution is 5.95. The summed E-state index contributed by atoms with van der Waals surface area (Å²) in [6.45, 7) is 3.48. The smallest absolute Gasteiger partial charge is 0.254 e. The Labute approximate surface area is 145 Å². The third-order valence-corrected chi connectivity index (χ3v) is 4.63. The van der Waals surface area contributed by atoms with Gasteiger partial charge in [0.2, 0.25) is 0 Å². The number of aryl methyl sites for hydroxylation is 1. The SMILES string of the molecule is Cc1cc(C(=O)N2CCC[C@@H]2Cn2cccn2)ccc1-n1cnnn1. The molecule has 2 aromatic heterocycles. The minimum absolute atomic E-state index is 0.0704. The molecule has 128 valence electrons. The van der Waals surface area contributed by atoms with Gasteiger partial charge in [0, 0.05) is 24.5 Å². The van der Waals surface area contributed by atoms with Crippen LogP contribution in [0.1, 0.15) is 28.8 Å². The summed E-state index contributed by atoms with van der Waals surface area (Å²) in [5.41, 5.74) is 2.53. The molecular formula is C17H19N7O. The molecule has 1 fully saturated rings. The molecule has 0 N–H and O–H groups in total. The van der Waals surface area contributed by atoms with E-state index < -0.39 is 0 Å². The van der Waals surface area contributed by atoms with Gasteiger partial charge in [-0.15, -0.1) is 5.10 Å². The Morgan fingerprint density at radius 1 is 1.36 bits per heavy atom. The van der Waals surface area contributed by atoms with E-state index in [0.717, 1.165) is 37.2 Å². The van der Waals surface area contributed by atoms with E-state index >= 15 is 0 Å². The van der Waals surface area contributed by atoms with Crippen molar-refractivity contribution in [2.75, 3.05) is 6.54 Å². The van der Waals surface area contributed by atoms with E-state index in [0.29, 0.717) is 5.56 Å². The van der Waals surface area contributed by atoms with Gasteiger partial charge in [-0.3, -0.25) is 9.48 Å². The summed E-state index contributed by atoms with van der Waals surface area (Å²) < 4.78 is 3.49. The fraction of sp³-hybridized carbons (Fsp3) is 0.353. The fourth-order valence-electron chi connectivity index (χ4n) is 3.40. The zero-order valence-corrected chi connectivity index (χ0v) is 14.0. The quantitative estimate of drug-likeness (QED) is 0.720. The topological polar surface area (TPSA) is 81.7 Å². The molecule has 1 saturated heterocycles. The Morgan fingerprint density at radius 3 is 3.00 bits per heavy atom. The summed E-state index contributed by atoms with van der Waals surface area (Å²) in [6.07, 6.45) is 7.28. The third-order valence-electron chi connectivity index (χ3n) is 4.63. The van der Waals surface area contributed by atoms with Crippen molar-refractivity contribution < 1.29 is 4.79 Å². The van der Waals surface area contributed by atoms with Crippen LogP contribution in [0.3, 0.4) is 0 Å². The van der Waals surface area contributed by atoms with Gasteiger partial charge in [0.05, 0.1) is 18.3 Å². The minimum Gasteiger partial charge on any atom is -0.334 e. The van der Waals surface area contributed by atoms with Crippen LogP contribution in [0, 0.1) is 6.92 Å². The largest absolute Gasteiger partial charge is 0.334 e. The van der Waals surface area contributed by atoms with Crippen molar-refractivity contribution in [3.63, 3.8) is 0 Å². The summed E-state index contributed by atoms with van der Waals surface area (Å²) >= 11 is 0. The van der Waals surface area contributed by atoms with Gasteiger partial charge in [0.1, 0.15) is 6.33 Å². The number of carbonyl (C=O) groups is 1. The molecule has 8 nitrogen and oxygen atoms in total. The molecule has 4 rings (SSSR count). The zero-order valence-electron chi connectivity index (χ0n) is 14.0. The summed E-state index contributed by atoms with van der Waals surface area (Å²) in [4.78, 5) is 15.0. The highest BCUT2D eigenvalue weighted by Crippen LogP contribution is 2.23. The van der Waals surface area contributed by atoms with Crippen LogP contribution in [0.2, 0.25) is 0 Å². The first-order valence-electron chi connectivity index (χ1n) is 8.35. The average molecular weight is 337 g/mol. The summed E-state index contributed by atoms with van der Waals surface area (Å²) in [5.74, 6) is 0.0704. The van der Waals surface area contributed by atoms with Crippen molar-refractivity contribution >= 4 is 5.91 Å². The maximum absolute atomic E-state index is 13.0. The summed E-state index contributed by atoms with van der Waals surface area (Å²) in [7, 11) is 0. The lowest BCUT2D eigenvalue weighted by atomic mass is 10.1. The van der Waals surface area contributed by atoms with E-state index in [1.807, 2.05) is 47.0 Å². The van der Waals surface area contributed by atoms with Gasteiger partial charge < -0.3 is 4.90 Å². The number of amides is 1. The molecule has 1 aliphatic rings. The molecule has 1 aromatic carbocycles. The molecule has 25 heavy (non-hydrogen) atoms. The zero-order chi connectivity index (χ0) is 17.2. The molecule has 3 heterocycles. The van der Waals surface area contributed by atoms with Gasteiger partial charge in [0.15, 0.2) is 0 Å². The number of nitrogens with zero attached hydrogens (tertiary/aromatic N) is 7. The molecule has 8 heteroatoms. The van der Waals surface area contributed by atoms with E-state index in [1.54, 1.807) is 17.2 Å². The first kappa shape index (κ1) is 15.5. The van der Waals surface area contributed by atoms with Crippen molar-refractivity contribution in [1.82, 2.24) is 34.9 Å². The number of likely N-dealkylation sites (tertiary alicyclic amines) is 1. The van der Waals surface area contributed by atoms with Crippen LogP contribution in [0.25, 0.3) is 5.69 Å². The normalized spacial score (nSPS) is 17.2. The molecule has 0 radical (unpaired) electrons. The van der Waals surface area contributed by atoms with Crippen LogP contribution < -0.4 is 0 Å². The minimum atomic E-state index is 0.0704. The van der Waals surface area contributed by atoms with Crippen molar-refractivity contribution in [1.29, 1.82) is 0 Å².